The van der Waals surface area contributed by atoms with Crippen LogP contribution in [0.4, 0.5) is 5.69 Å². The molecule has 6 heteroatoms. The van der Waals surface area contributed by atoms with Gasteiger partial charge in [-0.1, -0.05) is 12.1 Å². The van der Waals surface area contributed by atoms with E-state index in [1.807, 2.05) is 6.07 Å². The van der Waals surface area contributed by atoms with Crippen molar-refractivity contribution in [2.24, 2.45) is 5.73 Å². The zero-order valence-corrected chi connectivity index (χ0v) is 9.50. The first-order chi connectivity index (χ1) is 7.57. The molecule has 0 saturated heterocycles. The number of benzene rings is 1. The maximum atomic E-state index is 11.4. The number of nitriles is 1. The largest absolute Gasteiger partial charge is 0.329 e. The maximum Gasteiger partial charge on any atom is 0.233 e. The average molecular weight is 239 g/mol. The fourth-order valence-electron chi connectivity index (χ4n) is 1.17. The van der Waals surface area contributed by atoms with Gasteiger partial charge in [0.05, 0.1) is 18.2 Å². The van der Waals surface area contributed by atoms with Crippen molar-refractivity contribution >= 4 is 15.7 Å². The lowest BCUT2D eigenvalue weighted by molar-refractivity contribution is 0.601. The Labute approximate surface area is 94.9 Å². The van der Waals surface area contributed by atoms with Gasteiger partial charge in [-0.15, -0.1) is 0 Å². The van der Waals surface area contributed by atoms with E-state index in [1.165, 1.54) is 0 Å². The molecule has 1 aromatic rings. The number of rotatable bonds is 5. The van der Waals surface area contributed by atoms with Gasteiger partial charge in [0.2, 0.25) is 10.0 Å². The summed E-state index contributed by atoms with van der Waals surface area (Å²) in [7, 11) is -3.35. The number of nitrogens with one attached hydrogen (secondary N) is 1. The van der Waals surface area contributed by atoms with Crippen LogP contribution < -0.4 is 10.5 Å². The predicted molar refractivity (Wildman–Crippen MR) is 62.2 cm³/mol. The average Bonchev–Trinajstić information content (AvgIpc) is 2.21. The zero-order valence-electron chi connectivity index (χ0n) is 8.68. The van der Waals surface area contributed by atoms with E-state index in [4.69, 9.17) is 11.0 Å². The Bertz CT molecular complexity index is 474. The van der Waals surface area contributed by atoms with Crippen LogP contribution in [0.25, 0.3) is 0 Å². The fraction of sp³-hybridized carbons (Fsp3) is 0.300. The standard InChI is InChI=1S/C10H13N3O2S/c11-6-5-9-1-3-10(4-2-9)13-16(14,15)8-7-12/h1-4,13H,5,7-8,12H2. The van der Waals surface area contributed by atoms with Gasteiger partial charge in [0.15, 0.2) is 0 Å². The zero-order chi connectivity index (χ0) is 12.0. The minimum atomic E-state index is -3.35. The highest BCUT2D eigenvalue weighted by atomic mass is 32.2. The third kappa shape index (κ3) is 3.88. The molecular weight excluding hydrogens is 226 g/mol. The molecular formula is C10H13N3O2S. The van der Waals surface area contributed by atoms with Crippen molar-refractivity contribution in [1.82, 2.24) is 0 Å². The summed E-state index contributed by atoms with van der Waals surface area (Å²) in [6.07, 6.45) is 0.315. The smallest absolute Gasteiger partial charge is 0.233 e. The summed E-state index contributed by atoms with van der Waals surface area (Å²) < 4.78 is 25.1. The highest BCUT2D eigenvalue weighted by Gasteiger charge is 2.08. The van der Waals surface area contributed by atoms with E-state index in [-0.39, 0.29) is 12.3 Å². The Morgan fingerprint density at radius 3 is 2.44 bits per heavy atom. The molecule has 0 spiro atoms. The van der Waals surface area contributed by atoms with Gasteiger partial charge in [-0.25, -0.2) is 8.42 Å². The molecule has 0 aliphatic carbocycles. The number of nitrogens with two attached hydrogens (primary N) is 1. The van der Waals surface area contributed by atoms with Crippen molar-refractivity contribution in [2.45, 2.75) is 6.42 Å². The van der Waals surface area contributed by atoms with E-state index in [1.54, 1.807) is 24.3 Å². The monoisotopic (exact) mass is 239 g/mol. The lowest BCUT2D eigenvalue weighted by atomic mass is 10.1. The van der Waals surface area contributed by atoms with E-state index < -0.39 is 10.0 Å². The molecule has 0 aliphatic heterocycles. The molecule has 0 unspecified atom stereocenters. The van der Waals surface area contributed by atoms with E-state index in [9.17, 15) is 8.42 Å². The van der Waals surface area contributed by atoms with Crippen LogP contribution in [0, 0.1) is 11.3 Å². The second-order valence-electron chi connectivity index (χ2n) is 3.24. The minimum absolute atomic E-state index is 0.0852. The number of anilines is 1. The lowest BCUT2D eigenvalue weighted by Crippen LogP contribution is -2.22. The normalized spacial score (nSPS) is 10.8. The highest BCUT2D eigenvalue weighted by molar-refractivity contribution is 7.92. The van der Waals surface area contributed by atoms with Crippen LogP contribution in [0.1, 0.15) is 5.56 Å². The first-order valence-electron chi connectivity index (χ1n) is 4.74. The van der Waals surface area contributed by atoms with Crippen LogP contribution in [0.3, 0.4) is 0 Å². The highest BCUT2D eigenvalue weighted by Crippen LogP contribution is 2.11. The second kappa shape index (κ2) is 5.49. The number of nitrogens with zero attached hydrogens (tertiary/aromatic N) is 1. The minimum Gasteiger partial charge on any atom is -0.329 e. The van der Waals surface area contributed by atoms with Crippen LogP contribution in [-0.4, -0.2) is 20.7 Å². The first kappa shape index (κ1) is 12.5. The van der Waals surface area contributed by atoms with E-state index >= 15 is 0 Å². The Morgan fingerprint density at radius 1 is 1.31 bits per heavy atom. The van der Waals surface area contributed by atoms with Gasteiger partial charge < -0.3 is 5.73 Å². The molecule has 0 atom stereocenters. The summed E-state index contributed by atoms with van der Waals surface area (Å²) in [5.41, 5.74) is 6.51. The molecule has 0 heterocycles. The van der Waals surface area contributed by atoms with Gasteiger partial charge in [0, 0.05) is 12.2 Å². The van der Waals surface area contributed by atoms with E-state index in [0.717, 1.165) is 5.56 Å². The molecule has 0 fully saturated rings. The Kier molecular flexibility index (Phi) is 4.28. The molecule has 16 heavy (non-hydrogen) atoms. The lowest BCUT2D eigenvalue weighted by Gasteiger charge is -2.06. The third-order valence-electron chi connectivity index (χ3n) is 1.90. The van der Waals surface area contributed by atoms with E-state index in [2.05, 4.69) is 4.72 Å². The van der Waals surface area contributed by atoms with Crippen molar-refractivity contribution in [3.05, 3.63) is 29.8 Å². The molecule has 0 bridgehead atoms. The Hall–Kier alpha value is -1.58. The summed E-state index contributed by atoms with van der Waals surface area (Å²) in [5, 5.41) is 8.47. The van der Waals surface area contributed by atoms with Gasteiger partial charge in [-0.05, 0) is 17.7 Å². The van der Waals surface area contributed by atoms with Crippen LogP contribution in [0.15, 0.2) is 24.3 Å². The van der Waals surface area contributed by atoms with Crippen LogP contribution in [-0.2, 0) is 16.4 Å². The van der Waals surface area contributed by atoms with E-state index in [0.29, 0.717) is 12.1 Å². The van der Waals surface area contributed by atoms with Gasteiger partial charge in [-0.2, -0.15) is 5.26 Å². The number of hydrogen-bond acceptors (Lipinski definition) is 4. The van der Waals surface area contributed by atoms with Crippen LogP contribution in [0.5, 0.6) is 0 Å². The first-order valence-corrected chi connectivity index (χ1v) is 6.39. The number of hydrogen-bond donors (Lipinski definition) is 2. The van der Waals surface area contributed by atoms with Gasteiger partial charge >= 0.3 is 0 Å². The summed E-state index contributed by atoms with van der Waals surface area (Å²) in [5.74, 6) is -0.104. The molecule has 1 rings (SSSR count). The van der Waals surface area contributed by atoms with Crippen molar-refractivity contribution in [2.75, 3.05) is 17.0 Å². The Morgan fingerprint density at radius 2 is 1.94 bits per heavy atom. The van der Waals surface area contributed by atoms with Crippen molar-refractivity contribution in [3.8, 4) is 6.07 Å². The molecule has 1 aromatic carbocycles. The molecule has 0 aromatic heterocycles. The van der Waals surface area contributed by atoms with Gasteiger partial charge in [-0.3, -0.25) is 4.72 Å². The van der Waals surface area contributed by atoms with Crippen LogP contribution in [0.2, 0.25) is 0 Å². The van der Waals surface area contributed by atoms with Crippen LogP contribution >= 0.6 is 0 Å². The molecule has 0 saturated carbocycles. The maximum absolute atomic E-state index is 11.4. The summed E-state index contributed by atoms with van der Waals surface area (Å²) in [4.78, 5) is 0. The summed E-state index contributed by atoms with van der Waals surface area (Å²) in [6.45, 7) is 0.0852. The second-order valence-corrected chi connectivity index (χ2v) is 5.08. The topological polar surface area (TPSA) is 96.0 Å². The predicted octanol–water partition coefficient (Wildman–Crippen LogP) is 0.453. The molecule has 3 N–H and O–H groups in total. The van der Waals surface area contributed by atoms with Crippen molar-refractivity contribution < 1.29 is 8.42 Å². The van der Waals surface area contributed by atoms with Gasteiger partial charge in [0.1, 0.15) is 0 Å². The molecule has 5 nitrogen and oxygen atoms in total. The Balaban J connectivity index is 2.73. The third-order valence-corrected chi connectivity index (χ3v) is 3.22. The van der Waals surface area contributed by atoms with Crippen molar-refractivity contribution in [3.63, 3.8) is 0 Å². The van der Waals surface area contributed by atoms with Gasteiger partial charge in [0.25, 0.3) is 0 Å². The number of sulfonamides is 1. The molecule has 0 amide bonds. The SMILES string of the molecule is N#CCc1ccc(NS(=O)(=O)CCN)cc1. The summed E-state index contributed by atoms with van der Waals surface area (Å²) >= 11 is 0. The molecule has 0 radical (unpaired) electrons. The molecule has 0 aliphatic rings. The quantitative estimate of drug-likeness (QED) is 0.779. The fourth-order valence-corrected chi connectivity index (χ4v) is 2.08. The molecule has 86 valence electrons. The summed E-state index contributed by atoms with van der Waals surface area (Å²) in [6, 6.07) is 8.69. The van der Waals surface area contributed by atoms with Crippen molar-refractivity contribution in [1.29, 1.82) is 5.26 Å².